The summed E-state index contributed by atoms with van der Waals surface area (Å²) >= 11 is 1.37. The van der Waals surface area contributed by atoms with Crippen LogP contribution in [0.25, 0.3) is 11.4 Å². The molecular weight excluding hydrogens is 360 g/mol. The Bertz CT molecular complexity index is 838. The number of hydrogen-bond acceptors (Lipinski definition) is 6. The van der Waals surface area contributed by atoms with Crippen LogP contribution in [-0.2, 0) is 11.8 Å². The summed E-state index contributed by atoms with van der Waals surface area (Å²) in [6, 6.07) is 6.16. The molecule has 1 saturated carbocycles. The molecule has 0 radical (unpaired) electrons. The van der Waals surface area contributed by atoms with Crippen LogP contribution in [0, 0.1) is 11.3 Å². The molecule has 1 atom stereocenters. The van der Waals surface area contributed by atoms with E-state index < -0.39 is 5.54 Å². The SMILES string of the molecule is C[C@H](Sc1nnc(-c2ccncc2)n1C)C(=O)N(C)C1(C#N)CCCCC1. The summed E-state index contributed by atoms with van der Waals surface area (Å²) in [6.07, 6.45) is 8.04. The largest absolute Gasteiger partial charge is 0.326 e. The van der Waals surface area contributed by atoms with Gasteiger partial charge in [-0.25, -0.2) is 0 Å². The summed E-state index contributed by atoms with van der Waals surface area (Å²) in [5, 5.41) is 18.5. The van der Waals surface area contributed by atoms with E-state index in [-0.39, 0.29) is 11.2 Å². The number of aromatic nitrogens is 4. The van der Waals surface area contributed by atoms with E-state index in [1.807, 2.05) is 30.7 Å². The van der Waals surface area contributed by atoms with Crippen molar-refractivity contribution in [1.82, 2.24) is 24.6 Å². The van der Waals surface area contributed by atoms with E-state index in [1.165, 1.54) is 11.8 Å². The van der Waals surface area contributed by atoms with E-state index in [2.05, 4.69) is 21.3 Å². The molecule has 2 aromatic heterocycles. The van der Waals surface area contributed by atoms with Crippen LogP contribution in [0.4, 0.5) is 0 Å². The first kappa shape index (κ1) is 19.4. The van der Waals surface area contributed by atoms with Crippen molar-refractivity contribution in [3.63, 3.8) is 0 Å². The van der Waals surface area contributed by atoms with Crippen LogP contribution in [-0.4, -0.2) is 48.4 Å². The van der Waals surface area contributed by atoms with Gasteiger partial charge in [-0.3, -0.25) is 9.78 Å². The highest BCUT2D eigenvalue weighted by Crippen LogP contribution is 2.34. The Kier molecular flexibility index (Phi) is 5.80. The van der Waals surface area contributed by atoms with Crippen LogP contribution in [0.5, 0.6) is 0 Å². The zero-order valence-corrected chi connectivity index (χ0v) is 16.7. The highest BCUT2D eigenvalue weighted by atomic mass is 32.2. The lowest BCUT2D eigenvalue weighted by Crippen LogP contribution is -2.52. The third-order valence-electron chi connectivity index (χ3n) is 5.26. The lowest BCUT2D eigenvalue weighted by Gasteiger charge is -2.40. The zero-order chi connectivity index (χ0) is 19.4. The summed E-state index contributed by atoms with van der Waals surface area (Å²) < 4.78 is 1.88. The molecule has 0 spiro atoms. The molecule has 0 bridgehead atoms. The average molecular weight is 385 g/mol. The van der Waals surface area contributed by atoms with Crippen molar-refractivity contribution in [3.05, 3.63) is 24.5 Å². The molecule has 0 aliphatic heterocycles. The van der Waals surface area contributed by atoms with E-state index in [1.54, 1.807) is 24.3 Å². The molecular formula is C19H24N6OS. The van der Waals surface area contributed by atoms with Crippen LogP contribution in [0.3, 0.4) is 0 Å². The Morgan fingerprint density at radius 1 is 1.30 bits per heavy atom. The van der Waals surface area contributed by atoms with Gasteiger partial charge in [-0.1, -0.05) is 31.0 Å². The maximum absolute atomic E-state index is 13.0. The van der Waals surface area contributed by atoms with E-state index in [0.717, 1.165) is 43.5 Å². The highest BCUT2D eigenvalue weighted by molar-refractivity contribution is 8.00. The first-order valence-electron chi connectivity index (χ1n) is 9.14. The van der Waals surface area contributed by atoms with Crippen LogP contribution in [0.1, 0.15) is 39.0 Å². The Balaban J connectivity index is 1.74. The van der Waals surface area contributed by atoms with Crippen molar-refractivity contribution in [2.75, 3.05) is 7.05 Å². The summed E-state index contributed by atoms with van der Waals surface area (Å²) in [4.78, 5) is 18.7. The number of carbonyl (C=O) groups excluding carboxylic acids is 1. The minimum absolute atomic E-state index is 0.0445. The number of rotatable bonds is 5. The third kappa shape index (κ3) is 3.83. The van der Waals surface area contributed by atoms with Gasteiger partial charge in [0.05, 0.1) is 11.3 Å². The van der Waals surface area contributed by atoms with Gasteiger partial charge in [-0.05, 0) is 31.9 Å². The van der Waals surface area contributed by atoms with Crippen LogP contribution < -0.4 is 0 Å². The van der Waals surface area contributed by atoms with Crippen molar-refractivity contribution in [2.24, 2.45) is 7.05 Å². The quantitative estimate of drug-likeness (QED) is 0.736. The fraction of sp³-hybridized carbons (Fsp3) is 0.526. The number of thioether (sulfide) groups is 1. The first-order chi connectivity index (χ1) is 13.0. The summed E-state index contributed by atoms with van der Waals surface area (Å²) in [5.41, 5.74) is 0.250. The van der Waals surface area contributed by atoms with Crippen LogP contribution >= 0.6 is 11.8 Å². The Morgan fingerprint density at radius 2 is 1.96 bits per heavy atom. The number of carbonyl (C=O) groups is 1. The van der Waals surface area contributed by atoms with Gasteiger partial charge < -0.3 is 9.47 Å². The van der Waals surface area contributed by atoms with Crippen molar-refractivity contribution in [2.45, 2.75) is 55.0 Å². The van der Waals surface area contributed by atoms with Gasteiger partial charge in [0.2, 0.25) is 5.91 Å². The van der Waals surface area contributed by atoms with E-state index in [4.69, 9.17) is 0 Å². The van der Waals surface area contributed by atoms with Crippen LogP contribution in [0.15, 0.2) is 29.7 Å². The predicted octanol–water partition coefficient (Wildman–Crippen LogP) is 3.04. The Labute approximate surface area is 163 Å². The third-order valence-corrected chi connectivity index (χ3v) is 6.39. The average Bonchev–Trinajstić information content (AvgIpc) is 3.08. The van der Waals surface area contributed by atoms with Gasteiger partial charge in [0.15, 0.2) is 11.0 Å². The monoisotopic (exact) mass is 384 g/mol. The first-order valence-corrected chi connectivity index (χ1v) is 10.0. The normalized spacial score (nSPS) is 17.1. The number of nitrogens with zero attached hydrogens (tertiary/aromatic N) is 6. The molecule has 27 heavy (non-hydrogen) atoms. The molecule has 1 fully saturated rings. The number of amides is 1. The standard InChI is InChI=1S/C19H24N6OS/c1-14(17(26)25(3)19(13-20)9-5-4-6-10-19)27-18-23-22-16(24(18)2)15-7-11-21-12-8-15/h7-8,11-12,14H,4-6,9-10H2,1-3H3/t14-/m0/s1. The minimum atomic E-state index is -0.674. The van der Waals surface area contributed by atoms with Crippen LogP contribution in [0.2, 0.25) is 0 Å². The molecule has 7 nitrogen and oxygen atoms in total. The molecule has 1 aliphatic rings. The van der Waals surface area contributed by atoms with Crippen molar-refractivity contribution >= 4 is 17.7 Å². The number of hydrogen-bond donors (Lipinski definition) is 0. The van der Waals surface area contributed by atoms with Gasteiger partial charge in [0.1, 0.15) is 5.54 Å². The molecule has 0 aromatic carbocycles. The maximum atomic E-state index is 13.0. The molecule has 1 aliphatic carbocycles. The topological polar surface area (TPSA) is 87.7 Å². The van der Waals surface area contributed by atoms with Crippen molar-refractivity contribution in [3.8, 4) is 17.5 Å². The van der Waals surface area contributed by atoms with E-state index >= 15 is 0 Å². The fourth-order valence-corrected chi connectivity index (χ4v) is 4.43. The minimum Gasteiger partial charge on any atom is -0.326 e. The predicted molar refractivity (Wildman–Crippen MR) is 104 cm³/mol. The second-order valence-electron chi connectivity index (χ2n) is 6.96. The summed E-state index contributed by atoms with van der Waals surface area (Å²) in [7, 11) is 3.64. The highest BCUT2D eigenvalue weighted by Gasteiger charge is 2.40. The van der Waals surface area contributed by atoms with Gasteiger partial charge in [0, 0.05) is 32.1 Å². The van der Waals surface area contributed by atoms with E-state index in [0.29, 0.717) is 5.16 Å². The second-order valence-corrected chi connectivity index (χ2v) is 8.27. The lowest BCUT2D eigenvalue weighted by molar-refractivity contribution is -0.133. The van der Waals surface area contributed by atoms with Gasteiger partial charge >= 0.3 is 0 Å². The number of pyridine rings is 1. The molecule has 0 unspecified atom stereocenters. The molecule has 2 heterocycles. The van der Waals surface area contributed by atoms with Crippen molar-refractivity contribution < 1.29 is 4.79 Å². The summed E-state index contributed by atoms with van der Waals surface area (Å²) in [6.45, 7) is 1.86. The lowest BCUT2D eigenvalue weighted by atomic mass is 9.81. The molecule has 0 saturated heterocycles. The Hall–Kier alpha value is -2.40. The number of nitriles is 1. The maximum Gasteiger partial charge on any atom is 0.236 e. The van der Waals surface area contributed by atoms with Gasteiger partial charge in [0.25, 0.3) is 0 Å². The fourth-order valence-electron chi connectivity index (χ4n) is 3.52. The van der Waals surface area contributed by atoms with Gasteiger partial charge in [-0.15, -0.1) is 10.2 Å². The molecule has 0 N–H and O–H groups in total. The van der Waals surface area contributed by atoms with Gasteiger partial charge in [-0.2, -0.15) is 5.26 Å². The Morgan fingerprint density at radius 3 is 2.59 bits per heavy atom. The molecule has 8 heteroatoms. The molecule has 3 rings (SSSR count). The zero-order valence-electron chi connectivity index (χ0n) is 15.9. The molecule has 1 amide bonds. The van der Waals surface area contributed by atoms with E-state index in [9.17, 15) is 10.1 Å². The summed E-state index contributed by atoms with van der Waals surface area (Å²) in [5.74, 6) is 0.686. The second kappa shape index (κ2) is 8.09. The smallest absolute Gasteiger partial charge is 0.236 e. The molecule has 2 aromatic rings. The van der Waals surface area contributed by atoms with Crippen molar-refractivity contribution in [1.29, 1.82) is 5.26 Å². The molecule has 142 valence electrons.